The van der Waals surface area contributed by atoms with E-state index in [0.717, 1.165) is 11.1 Å². The van der Waals surface area contributed by atoms with Crippen molar-refractivity contribution in [1.29, 1.82) is 0 Å². The van der Waals surface area contributed by atoms with Gasteiger partial charge in [0.15, 0.2) is 11.1 Å². The molecule has 3 aliphatic heterocycles. The molecule has 3 N–H and O–H groups in total. The maximum Gasteiger partial charge on any atom is 0.429 e. The van der Waals surface area contributed by atoms with Crippen LogP contribution in [0.2, 0.25) is 0 Å². The summed E-state index contributed by atoms with van der Waals surface area (Å²) >= 11 is -1.98. The quantitative estimate of drug-likeness (QED) is 0.124. The fourth-order valence-electron chi connectivity index (χ4n) is 8.11. The van der Waals surface area contributed by atoms with E-state index >= 15 is 13.2 Å². The average Bonchev–Trinajstić information content (AvgIpc) is 3.83. The van der Waals surface area contributed by atoms with E-state index in [1.807, 2.05) is 46.2 Å². The Bertz CT molecular complexity index is 2230. The van der Waals surface area contributed by atoms with Crippen LogP contribution in [-0.4, -0.2) is 108 Å². The highest BCUT2D eigenvalue weighted by Gasteiger charge is 2.51. The van der Waals surface area contributed by atoms with Crippen molar-refractivity contribution in [2.45, 2.75) is 64.5 Å². The van der Waals surface area contributed by atoms with E-state index in [1.54, 1.807) is 38.2 Å². The summed E-state index contributed by atoms with van der Waals surface area (Å²) in [5.74, 6) is -0.883. The molecule has 2 aromatic carbocycles. The number of nitrogens with two attached hydrogens (primary N) is 1. The number of alkyl halides is 3. The number of aromatic nitrogens is 4. The van der Waals surface area contributed by atoms with Gasteiger partial charge in [0.05, 0.1) is 18.0 Å². The Hall–Kier alpha value is -5.53. The number of esters is 1. The summed E-state index contributed by atoms with van der Waals surface area (Å²) in [5, 5.41) is 4.42. The molecule has 320 valence electrons. The lowest BCUT2D eigenvalue weighted by Crippen LogP contribution is -2.43. The molecule has 2 saturated heterocycles. The van der Waals surface area contributed by atoms with E-state index in [1.165, 1.54) is 21.7 Å². The Balaban J connectivity index is 1.09. The molecule has 0 aliphatic carbocycles. The predicted molar refractivity (Wildman–Crippen MR) is 216 cm³/mol. The number of carbonyl (C=O) groups is 2. The lowest BCUT2D eigenvalue weighted by atomic mass is 9.76. The van der Waals surface area contributed by atoms with Crippen molar-refractivity contribution in [3.8, 4) is 11.6 Å². The van der Waals surface area contributed by atoms with Crippen molar-refractivity contribution in [3.63, 3.8) is 0 Å². The third-order valence-electron chi connectivity index (χ3n) is 11.1. The summed E-state index contributed by atoms with van der Waals surface area (Å²) in [4.78, 5) is 40.0. The number of aryl methyl sites for hydroxylation is 1. The van der Waals surface area contributed by atoms with Gasteiger partial charge in [-0.25, -0.2) is 18.5 Å². The van der Waals surface area contributed by atoms with Crippen LogP contribution < -0.4 is 15.4 Å². The van der Waals surface area contributed by atoms with Gasteiger partial charge in [0.25, 0.3) is 0 Å². The molecule has 1 amide bonds. The predicted octanol–water partition coefficient (Wildman–Crippen LogP) is 6.06. The molecule has 0 bridgehead atoms. The van der Waals surface area contributed by atoms with E-state index in [9.17, 15) is 18.4 Å². The van der Waals surface area contributed by atoms with Gasteiger partial charge < -0.3 is 29.4 Å². The van der Waals surface area contributed by atoms with Crippen molar-refractivity contribution in [3.05, 3.63) is 95.3 Å². The number of anilines is 2. The van der Waals surface area contributed by atoms with Crippen molar-refractivity contribution in [2.75, 3.05) is 55.8 Å². The molecule has 3 aliphatic rings. The Morgan fingerprint density at radius 1 is 1.05 bits per heavy atom. The number of halogens is 3. The number of rotatable bonds is 12. The van der Waals surface area contributed by atoms with Gasteiger partial charge in [0, 0.05) is 50.6 Å². The van der Waals surface area contributed by atoms with Gasteiger partial charge in [-0.2, -0.15) is 28.2 Å². The summed E-state index contributed by atoms with van der Waals surface area (Å²) < 4.78 is 84.0. The number of nitrogen functional groups attached to an aromatic ring is 1. The first kappa shape index (κ1) is 42.6. The molecule has 4 aromatic rings. The zero-order valence-electron chi connectivity index (χ0n) is 33.2. The van der Waals surface area contributed by atoms with E-state index in [4.69, 9.17) is 19.9 Å². The molecule has 7 rings (SSSR count). The Morgan fingerprint density at radius 2 is 1.82 bits per heavy atom. The van der Waals surface area contributed by atoms with Crippen LogP contribution in [0.1, 0.15) is 61.1 Å². The second kappa shape index (κ2) is 18.0. The molecule has 2 aromatic heterocycles. The number of hydrogen-bond acceptors (Lipinski definition) is 12. The number of amides is 1. The SMILES string of the molecule is CCOC(=O)C1CC2(CCN(c3cc(O[C@H](c4ccc(C5=CCN(CS(=O)O)CC5)cc4-n4ccc(C)n4)C(F)(F)F)nc(N)n3)CC2)CN1C(=O)OCc1ccccc1. The van der Waals surface area contributed by atoms with Gasteiger partial charge in [0.2, 0.25) is 17.9 Å². The highest BCUT2D eigenvalue weighted by Crippen LogP contribution is 2.45. The van der Waals surface area contributed by atoms with Gasteiger partial charge in [-0.3, -0.25) is 9.80 Å². The first-order chi connectivity index (χ1) is 28.7. The van der Waals surface area contributed by atoms with Crippen molar-refractivity contribution >= 4 is 40.5 Å². The highest BCUT2D eigenvalue weighted by atomic mass is 32.2. The zero-order valence-corrected chi connectivity index (χ0v) is 34.0. The number of benzene rings is 2. The third-order valence-corrected chi connectivity index (χ3v) is 11.7. The molecule has 2 fully saturated rings. The molecular weight excluding hydrogens is 806 g/mol. The highest BCUT2D eigenvalue weighted by molar-refractivity contribution is 7.79. The molecule has 5 heterocycles. The molecule has 3 atom stereocenters. The van der Waals surface area contributed by atoms with Gasteiger partial charge in [0.1, 0.15) is 24.3 Å². The summed E-state index contributed by atoms with van der Waals surface area (Å²) in [7, 11) is 0. The summed E-state index contributed by atoms with van der Waals surface area (Å²) in [6, 6.07) is 16.0. The molecule has 15 nitrogen and oxygen atoms in total. The second-order valence-electron chi connectivity index (χ2n) is 15.3. The minimum absolute atomic E-state index is 0.00311. The van der Waals surface area contributed by atoms with E-state index in [-0.39, 0.29) is 54.5 Å². The Kier molecular flexibility index (Phi) is 12.8. The third kappa shape index (κ3) is 9.90. The van der Waals surface area contributed by atoms with Crippen molar-refractivity contribution in [2.24, 2.45) is 5.41 Å². The fourth-order valence-corrected chi connectivity index (χ4v) is 8.66. The first-order valence-electron chi connectivity index (χ1n) is 19.6. The van der Waals surface area contributed by atoms with Crippen LogP contribution in [-0.2, 0) is 32.0 Å². The molecule has 0 radical (unpaired) electrons. The largest absolute Gasteiger partial charge is 0.464 e. The van der Waals surface area contributed by atoms with Crippen molar-refractivity contribution < 1.29 is 45.7 Å². The summed E-state index contributed by atoms with van der Waals surface area (Å²) in [5.41, 5.74) is 8.58. The number of carbonyl (C=O) groups excluding carboxylic acids is 2. The van der Waals surface area contributed by atoms with E-state index in [2.05, 4.69) is 15.1 Å². The van der Waals surface area contributed by atoms with Crippen LogP contribution in [0.3, 0.4) is 0 Å². The van der Waals surface area contributed by atoms with Crippen LogP contribution >= 0.6 is 0 Å². The standard InChI is InChI=1S/C41H47F3N8O7S/c1-3-57-37(53)33-23-40(25-51(33)39(54)58-24-28-7-5-4-6-8-28)14-19-50(20-15-40)34-22-35(47-38(45)46-34)59-36(41(42,43)44)31-10-9-30(21-32(31)52-18-11-27(2)48-52)29-12-16-49(17-13-29)26-60(55)56/h4-12,18,21-22,33,36H,3,13-17,19-20,23-26H2,1-2H3,(H,55,56)(H2,45,46,47)/t33?,36-/m1/s1. The molecule has 60 heavy (non-hydrogen) atoms. The Labute approximate surface area is 347 Å². The average molecular weight is 853 g/mol. The number of ether oxygens (including phenoxy) is 3. The number of likely N-dealkylation sites (tertiary alicyclic amines) is 1. The van der Waals surface area contributed by atoms with Gasteiger partial charge >= 0.3 is 18.2 Å². The van der Waals surface area contributed by atoms with Gasteiger partial charge in [-0.1, -0.05) is 48.5 Å². The molecular formula is C41H47F3N8O7S. The molecule has 0 saturated carbocycles. The van der Waals surface area contributed by atoms with Crippen LogP contribution in [0.25, 0.3) is 11.3 Å². The minimum atomic E-state index is -4.90. The molecule has 19 heteroatoms. The summed E-state index contributed by atoms with van der Waals surface area (Å²) in [6.45, 7) is 5.63. The lowest BCUT2D eigenvalue weighted by molar-refractivity contribution is -0.198. The van der Waals surface area contributed by atoms with Crippen LogP contribution in [0, 0.1) is 12.3 Å². The van der Waals surface area contributed by atoms with E-state index < -0.39 is 46.9 Å². The lowest BCUT2D eigenvalue weighted by Gasteiger charge is -2.39. The number of piperidine rings is 1. The van der Waals surface area contributed by atoms with Gasteiger partial charge in [-0.15, -0.1) is 0 Å². The zero-order chi connectivity index (χ0) is 42.6. The second-order valence-corrected chi connectivity index (χ2v) is 16.2. The smallest absolute Gasteiger partial charge is 0.429 e. The van der Waals surface area contributed by atoms with E-state index in [0.29, 0.717) is 63.1 Å². The summed E-state index contributed by atoms with van der Waals surface area (Å²) in [6.07, 6.45) is -2.54. The maximum absolute atomic E-state index is 15.1. The normalized spacial score (nSPS) is 19.2. The fraction of sp³-hybridized carbons (Fsp3) is 0.439. The first-order valence-corrected chi connectivity index (χ1v) is 20.9. The molecule has 1 spiro atoms. The monoisotopic (exact) mass is 852 g/mol. The van der Waals surface area contributed by atoms with Crippen LogP contribution in [0.15, 0.2) is 72.9 Å². The number of nitrogens with zero attached hydrogens (tertiary/aromatic N) is 7. The number of hydrogen-bond donors (Lipinski definition) is 2. The Morgan fingerprint density at radius 3 is 2.47 bits per heavy atom. The maximum atomic E-state index is 15.1. The van der Waals surface area contributed by atoms with Crippen molar-refractivity contribution in [1.82, 2.24) is 29.5 Å². The molecule has 2 unspecified atom stereocenters. The minimum Gasteiger partial charge on any atom is -0.464 e. The van der Waals surface area contributed by atoms with Gasteiger partial charge in [-0.05, 0) is 73.8 Å². The van der Waals surface area contributed by atoms with Crippen LogP contribution in [0.5, 0.6) is 5.88 Å². The topological polar surface area (TPSA) is 178 Å². The van der Waals surface area contributed by atoms with Crippen LogP contribution in [0.4, 0.5) is 29.7 Å².